The first-order chi connectivity index (χ1) is 10.7. The van der Waals surface area contributed by atoms with Crippen molar-refractivity contribution in [1.29, 1.82) is 0 Å². The zero-order valence-corrected chi connectivity index (χ0v) is 13.8. The molecular formula is C17H28N4O. The van der Waals surface area contributed by atoms with Crippen LogP contribution < -0.4 is 10.6 Å². The smallest absolute Gasteiger partial charge is 0.270 e. The standard InChI is InChI=1S/C17H28N4O/c1-3-4-8-11-18-16-12-15(19-13(2)20-16)17(22)21-14-9-6-5-7-10-14/h12,14H,3-11H2,1-2H3,(H,21,22)(H,18,19,20). The molecule has 0 aliphatic heterocycles. The second-order valence-corrected chi connectivity index (χ2v) is 6.13. The van der Waals surface area contributed by atoms with Gasteiger partial charge in [-0.15, -0.1) is 0 Å². The topological polar surface area (TPSA) is 66.9 Å². The van der Waals surface area contributed by atoms with Crippen molar-refractivity contribution in [2.75, 3.05) is 11.9 Å². The Morgan fingerprint density at radius 1 is 1.23 bits per heavy atom. The molecule has 0 saturated heterocycles. The first-order valence-electron chi connectivity index (χ1n) is 8.59. The van der Waals surface area contributed by atoms with Gasteiger partial charge in [0.05, 0.1) is 0 Å². The summed E-state index contributed by atoms with van der Waals surface area (Å²) in [4.78, 5) is 21.0. The van der Waals surface area contributed by atoms with Crippen LogP contribution in [0.15, 0.2) is 6.07 Å². The lowest BCUT2D eigenvalue weighted by atomic mass is 9.95. The number of carbonyl (C=O) groups is 1. The van der Waals surface area contributed by atoms with Gasteiger partial charge < -0.3 is 10.6 Å². The van der Waals surface area contributed by atoms with Crippen molar-refractivity contribution < 1.29 is 4.79 Å². The van der Waals surface area contributed by atoms with Crippen molar-refractivity contribution >= 4 is 11.7 Å². The molecule has 122 valence electrons. The van der Waals surface area contributed by atoms with Crippen LogP contribution in [0.4, 0.5) is 5.82 Å². The third kappa shape index (κ3) is 5.28. The van der Waals surface area contributed by atoms with Crippen molar-refractivity contribution in [2.45, 2.75) is 71.3 Å². The Balaban J connectivity index is 1.93. The number of hydrogen-bond acceptors (Lipinski definition) is 4. The minimum atomic E-state index is -0.0750. The zero-order valence-electron chi connectivity index (χ0n) is 13.8. The van der Waals surface area contributed by atoms with E-state index in [1.807, 2.05) is 6.92 Å². The Hall–Kier alpha value is -1.65. The highest BCUT2D eigenvalue weighted by Gasteiger charge is 2.18. The molecule has 0 atom stereocenters. The van der Waals surface area contributed by atoms with Crippen LogP contribution in [0.3, 0.4) is 0 Å². The fourth-order valence-electron chi connectivity index (χ4n) is 2.87. The van der Waals surface area contributed by atoms with Gasteiger partial charge in [-0.05, 0) is 26.2 Å². The summed E-state index contributed by atoms with van der Waals surface area (Å²) in [5.74, 6) is 1.31. The maximum atomic E-state index is 12.4. The fourth-order valence-corrected chi connectivity index (χ4v) is 2.87. The lowest BCUT2D eigenvalue weighted by molar-refractivity contribution is 0.0922. The van der Waals surface area contributed by atoms with Gasteiger partial charge in [-0.3, -0.25) is 4.79 Å². The van der Waals surface area contributed by atoms with Crippen LogP contribution in [-0.4, -0.2) is 28.5 Å². The van der Waals surface area contributed by atoms with Gasteiger partial charge >= 0.3 is 0 Å². The van der Waals surface area contributed by atoms with E-state index in [2.05, 4.69) is 27.5 Å². The fraction of sp³-hybridized carbons (Fsp3) is 0.706. The van der Waals surface area contributed by atoms with Gasteiger partial charge in [0.2, 0.25) is 0 Å². The molecule has 22 heavy (non-hydrogen) atoms. The van der Waals surface area contributed by atoms with Crippen molar-refractivity contribution in [3.05, 3.63) is 17.6 Å². The zero-order chi connectivity index (χ0) is 15.8. The first-order valence-corrected chi connectivity index (χ1v) is 8.59. The largest absolute Gasteiger partial charge is 0.370 e. The number of nitrogens with one attached hydrogen (secondary N) is 2. The number of hydrogen-bond donors (Lipinski definition) is 2. The van der Waals surface area contributed by atoms with Crippen LogP contribution in [0.25, 0.3) is 0 Å². The maximum Gasteiger partial charge on any atom is 0.270 e. The number of aromatic nitrogens is 2. The van der Waals surface area contributed by atoms with Crippen LogP contribution in [0.1, 0.15) is 74.6 Å². The molecule has 2 rings (SSSR count). The van der Waals surface area contributed by atoms with E-state index < -0.39 is 0 Å². The van der Waals surface area contributed by atoms with Crippen LogP contribution in [0.2, 0.25) is 0 Å². The highest BCUT2D eigenvalue weighted by molar-refractivity contribution is 5.93. The van der Waals surface area contributed by atoms with Crippen LogP contribution in [0.5, 0.6) is 0 Å². The van der Waals surface area contributed by atoms with Crippen LogP contribution >= 0.6 is 0 Å². The van der Waals surface area contributed by atoms with Gasteiger partial charge in [0, 0.05) is 18.7 Å². The molecule has 1 fully saturated rings. The Bertz CT molecular complexity index is 484. The Kier molecular flexibility index (Phi) is 6.62. The molecule has 1 aromatic heterocycles. The number of anilines is 1. The Morgan fingerprint density at radius 3 is 2.73 bits per heavy atom. The van der Waals surface area contributed by atoms with E-state index in [0.717, 1.165) is 31.6 Å². The molecule has 2 N–H and O–H groups in total. The molecular weight excluding hydrogens is 276 g/mol. The lowest BCUT2D eigenvalue weighted by Crippen LogP contribution is -2.36. The molecule has 5 nitrogen and oxygen atoms in total. The summed E-state index contributed by atoms with van der Waals surface area (Å²) in [6.45, 7) is 4.89. The minimum Gasteiger partial charge on any atom is -0.370 e. The number of amides is 1. The molecule has 1 aromatic rings. The molecule has 1 amide bonds. The molecule has 5 heteroatoms. The average Bonchev–Trinajstić information content (AvgIpc) is 2.52. The van der Waals surface area contributed by atoms with E-state index >= 15 is 0 Å². The van der Waals surface area contributed by atoms with E-state index in [0.29, 0.717) is 17.6 Å². The van der Waals surface area contributed by atoms with Gasteiger partial charge in [0.15, 0.2) is 0 Å². The molecule has 0 spiro atoms. The molecule has 1 aliphatic rings. The number of rotatable bonds is 7. The number of nitrogens with zero attached hydrogens (tertiary/aromatic N) is 2. The normalized spacial score (nSPS) is 15.5. The highest BCUT2D eigenvalue weighted by Crippen LogP contribution is 2.18. The number of carbonyl (C=O) groups excluding carboxylic acids is 1. The molecule has 0 radical (unpaired) electrons. The van der Waals surface area contributed by atoms with Crippen LogP contribution in [-0.2, 0) is 0 Å². The molecule has 0 aromatic carbocycles. The SMILES string of the molecule is CCCCCNc1cc(C(=O)NC2CCCCC2)nc(C)n1. The summed E-state index contributed by atoms with van der Waals surface area (Å²) in [6.07, 6.45) is 9.37. The maximum absolute atomic E-state index is 12.4. The first kappa shape index (κ1) is 16.7. The molecule has 1 aliphatic carbocycles. The number of unbranched alkanes of at least 4 members (excludes halogenated alkanes) is 2. The van der Waals surface area contributed by atoms with Crippen molar-refractivity contribution in [3.8, 4) is 0 Å². The van der Waals surface area contributed by atoms with E-state index in [-0.39, 0.29) is 5.91 Å². The lowest BCUT2D eigenvalue weighted by Gasteiger charge is -2.22. The third-order valence-electron chi connectivity index (χ3n) is 4.10. The predicted molar refractivity (Wildman–Crippen MR) is 89.1 cm³/mol. The van der Waals surface area contributed by atoms with Crippen molar-refractivity contribution in [1.82, 2.24) is 15.3 Å². The van der Waals surface area contributed by atoms with Gasteiger partial charge in [0.1, 0.15) is 17.3 Å². The summed E-state index contributed by atoms with van der Waals surface area (Å²) in [5.41, 5.74) is 0.469. The highest BCUT2D eigenvalue weighted by atomic mass is 16.1. The summed E-state index contributed by atoms with van der Waals surface area (Å²) >= 11 is 0. The molecule has 0 unspecified atom stereocenters. The van der Waals surface area contributed by atoms with Gasteiger partial charge in [-0.25, -0.2) is 9.97 Å². The van der Waals surface area contributed by atoms with Crippen molar-refractivity contribution in [2.24, 2.45) is 0 Å². The Labute approximate surface area is 133 Å². The molecule has 0 bridgehead atoms. The van der Waals surface area contributed by atoms with E-state index in [1.165, 1.54) is 32.1 Å². The molecule has 1 saturated carbocycles. The minimum absolute atomic E-state index is 0.0750. The summed E-state index contributed by atoms with van der Waals surface area (Å²) in [7, 11) is 0. The second kappa shape index (κ2) is 8.71. The number of aryl methyl sites for hydroxylation is 1. The monoisotopic (exact) mass is 304 g/mol. The average molecular weight is 304 g/mol. The second-order valence-electron chi connectivity index (χ2n) is 6.13. The summed E-state index contributed by atoms with van der Waals surface area (Å²) < 4.78 is 0. The van der Waals surface area contributed by atoms with E-state index in [4.69, 9.17) is 0 Å². The summed E-state index contributed by atoms with van der Waals surface area (Å²) in [5, 5.41) is 6.40. The van der Waals surface area contributed by atoms with E-state index in [9.17, 15) is 4.79 Å². The van der Waals surface area contributed by atoms with Gasteiger partial charge in [-0.1, -0.05) is 39.0 Å². The van der Waals surface area contributed by atoms with Gasteiger partial charge in [-0.2, -0.15) is 0 Å². The Morgan fingerprint density at radius 2 is 2.00 bits per heavy atom. The van der Waals surface area contributed by atoms with Crippen molar-refractivity contribution in [3.63, 3.8) is 0 Å². The third-order valence-corrected chi connectivity index (χ3v) is 4.10. The summed E-state index contributed by atoms with van der Waals surface area (Å²) in [6, 6.07) is 2.06. The van der Waals surface area contributed by atoms with Crippen LogP contribution in [0, 0.1) is 6.92 Å². The van der Waals surface area contributed by atoms with Gasteiger partial charge in [0.25, 0.3) is 5.91 Å². The predicted octanol–water partition coefficient (Wildman–Crippen LogP) is 3.45. The van der Waals surface area contributed by atoms with E-state index in [1.54, 1.807) is 6.07 Å². The quantitative estimate of drug-likeness (QED) is 0.757. The molecule has 1 heterocycles.